The van der Waals surface area contributed by atoms with E-state index in [-0.39, 0.29) is 11.8 Å². The number of rotatable bonds is 8. The standard InChI is InChI=1S/C22H34N2O4/c1-5-28-19-9-7-18(16-20(19)27-4)8-10-21(25)23-11-6-12-24(14-13-23)22(26)15-17(2)3/h7,9,16-17H,5-6,8,10-15H2,1-4H3. The zero-order chi connectivity index (χ0) is 20.5. The van der Waals surface area contributed by atoms with E-state index in [0.29, 0.717) is 50.6 Å². The van der Waals surface area contributed by atoms with Gasteiger partial charge in [0.05, 0.1) is 13.7 Å². The Hall–Kier alpha value is -2.24. The second kappa shape index (κ2) is 10.9. The van der Waals surface area contributed by atoms with Crippen LogP contribution in [-0.2, 0) is 16.0 Å². The van der Waals surface area contributed by atoms with E-state index in [1.165, 1.54) is 0 Å². The van der Waals surface area contributed by atoms with Crippen molar-refractivity contribution < 1.29 is 19.1 Å². The van der Waals surface area contributed by atoms with E-state index in [4.69, 9.17) is 9.47 Å². The first-order chi connectivity index (χ1) is 13.4. The average Bonchev–Trinajstić information content (AvgIpc) is 2.93. The van der Waals surface area contributed by atoms with Crippen molar-refractivity contribution in [2.45, 2.75) is 46.5 Å². The molecule has 0 bridgehead atoms. The van der Waals surface area contributed by atoms with Gasteiger partial charge in [0, 0.05) is 39.0 Å². The molecule has 2 rings (SSSR count). The number of methoxy groups -OCH3 is 1. The second-order valence-electron chi connectivity index (χ2n) is 7.63. The van der Waals surface area contributed by atoms with Gasteiger partial charge in [0.25, 0.3) is 0 Å². The smallest absolute Gasteiger partial charge is 0.222 e. The van der Waals surface area contributed by atoms with Crippen molar-refractivity contribution >= 4 is 11.8 Å². The molecule has 6 heteroatoms. The molecule has 0 unspecified atom stereocenters. The zero-order valence-electron chi connectivity index (χ0n) is 17.7. The Bertz CT molecular complexity index is 660. The van der Waals surface area contributed by atoms with E-state index in [2.05, 4.69) is 13.8 Å². The third kappa shape index (κ3) is 6.43. The van der Waals surface area contributed by atoms with Gasteiger partial charge in [-0.15, -0.1) is 0 Å². The van der Waals surface area contributed by atoms with E-state index < -0.39 is 0 Å². The van der Waals surface area contributed by atoms with Crippen molar-refractivity contribution in [3.63, 3.8) is 0 Å². The summed E-state index contributed by atoms with van der Waals surface area (Å²) in [5.74, 6) is 2.12. The Morgan fingerprint density at radius 1 is 1.04 bits per heavy atom. The highest BCUT2D eigenvalue weighted by atomic mass is 16.5. The molecule has 1 saturated heterocycles. The predicted octanol–water partition coefficient (Wildman–Crippen LogP) is 3.13. The summed E-state index contributed by atoms with van der Waals surface area (Å²) < 4.78 is 10.9. The molecule has 0 atom stereocenters. The molecule has 28 heavy (non-hydrogen) atoms. The van der Waals surface area contributed by atoms with Crippen molar-refractivity contribution in [2.24, 2.45) is 5.92 Å². The second-order valence-corrected chi connectivity index (χ2v) is 7.63. The number of hydrogen-bond acceptors (Lipinski definition) is 4. The summed E-state index contributed by atoms with van der Waals surface area (Å²) in [5, 5.41) is 0. The van der Waals surface area contributed by atoms with Gasteiger partial charge in [-0.05, 0) is 43.4 Å². The average molecular weight is 391 g/mol. The lowest BCUT2D eigenvalue weighted by Gasteiger charge is -2.23. The van der Waals surface area contributed by atoms with Crippen molar-refractivity contribution in [3.05, 3.63) is 23.8 Å². The minimum Gasteiger partial charge on any atom is -0.493 e. The Morgan fingerprint density at radius 3 is 2.32 bits per heavy atom. The molecule has 1 aromatic carbocycles. The van der Waals surface area contributed by atoms with Gasteiger partial charge in [0.2, 0.25) is 11.8 Å². The summed E-state index contributed by atoms with van der Waals surface area (Å²) in [6, 6.07) is 5.81. The summed E-state index contributed by atoms with van der Waals surface area (Å²) in [6.07, 6.45) is 2.53. The quantitative estimate of drug-likeness (QED) is 0.684. The Labute approximate surface area is 168 Å². The molecule has 0 aliphatic carbocycles. The number of amides is 2. The van der Waals surface area contributed by atoms with Crippen LogP contribution in [0.3, 0.4) is 0 Å². The van der Waals surface area contributed by atoms with E-state index in [9.17, 15) is 9.59 Å². The molecule has 1 aliphatic rings. The van der Waals surface area contributed by atoms with Crippen molar-refractivity contribution in [2.75, 3.05) is 39.9 Å². The Morgan fingerprint density at radius 2 is 1.71 bits per heavy atom. The van der Waals surface area contributed by atoms with Crippen LogP contribution in [0.5, 0.6) is 11.5 Å². The number of benzene rings is 1. The summed E-state index contributed by atoms with van der Waals surface area (Å²) in [5.41, 5.74) is 1.05. The van der Waals surface area contributed by atoms with Gasteiger partial charge in [0.15, 0.2) is 11.5 Å². The lowest BCUT2D eigenvalue weighted by Crippen LogP contribution is -2.37. The van der Waals surface area contributed by atoms with Crippen LogP contribution in [0.25, 0.3) is 0 Å². The lowest BCUT2D eigenvalue weighted by atomic mass is 10.1. The van der Waals surface area contributed by atoms with E-state index in [0.717, 1.165) is 30.8 Å². The topological polar surface area (TPSA) is 59.1 Å². The van der Waals surface area contributed by atoms with Gasteiger partial charge in [-0.1, -0.05) is 19.9 Å². The fourth-order valence-electron chi connectivity index (χ4n) is 3.45. The summed E-state index contributed by atoms with van der Waals surface area (Å²) >= 11 is 0. The maximum atomic E-state index is 12.7. The third-order valence-electron chi connectivity index (χ3n) is 4.94. The molecule has 1 heterocycles. The first-order valence-electron chi connectivity index (χ1n) is 10.3. The first-order valence-corrected chi connectivity index (χ1v) is 10.3. The fraction of sp³-hybridized carbons (Fsp3) is 0.636. The van der Waals surface area contributed by atoms with Gasteiger partial charge in [-0.3, -0.25) is 9.59 Å². The first kappa shape index (κ1) is 22.1. The number of hydrogen-bond donors (Lipinski definition) is 0. The van der Waals surface area contributed by atoms with Crippen LogP contribution in [0.2, 0.25) is 0 Å². The minimum atomic E-state index is 0.144. The highest BCUT2D eigenvalue weighted by molar-refractivity contribution is 5.78. The van der Waals surface area contributed by atoms with Crippen LogP contribution in [-0.4, -0.2) is 61.5 Å². The normalized spacial score (nSPS) is 14.8. The molecule has 1 aliphatic heterocycles. The van der Waals surface area contributed by atoms with Gasteiger partial charge >= 0.3 is 0 Å². The Balaban J connectivity index is 1.87. The molecule has 0 radical (unpaired) electrons. The molecular formula is C22H34N2O4. The number of carbonyl (C=O) groups is 2. The van der Waals surface area contributed by atoms with Gasteiger partial charge in [-0.25, -0.2) is 0 Å². The SMILES string of the molecule is CCOc1ccc(CCC(=O)N2CCCN(C(=O)CC(C)C)CC2)cc1OC. The van der Waals surface area contributed by atoms with Gasteiger partial charge in [-0.2, -0.15) is 0 Å². The number of carbonyl (C=O) groups excluding carboxylic acids is 2. The number of aryl methyl sites for hydroxylation is 1. The predicted molar refractivity (Wildman–Crippen MR) is 110 cm³/mol. The molecule has 0 aromatic heterocycles. The molecule has 0 saturated carbocycles. The maximum Gasteiger partial charge on any atom is 0.222 e. The van der Waals surface area contributed by atoms with Crippen LogP contribution in [0, 0.1) is 5.92 Å². The fourth-order valence-corrected chi connectivity index (χ4v) is 3.45. The molecule has 0 N–H and O–H groups in total. The highest BCUT2D eigenvalue weighted by Crippen LogP contribution is 2.28. The van der Waals surface area contributed by atoms with Crippen LogP contribution >= 0.6 is 0 Å². The zero-order valence-corrected chi connectivity index (χ0v) is 17.7. The largest absolute Gasteiger partial charge is 0.493 e. The van der Waals surface area contributed by atoms with Crippen molar-refractivity contribution in [3.8, 4) is 11.5 Å². The van der Waals surface area contributed by atoms with Gasteiger partial charge < -0.3 is 19.3 Å². The minimum absolute atomic E-state index is 0.144. The highest BCUT2D eigenvalue weighted by Gasteiger charge is 2.22. The Kier molecular flexibility index (Phi) is 8.61. The van der Waals surface area contributed by atoms with Crippen LogP contribution < -0.4 is 9.47 Å². The van der Waals surface area contributed by atoms with Crippen molar-refractivity contribution in [1.82, 2.24) is 9.80 Å². The number of ether oxygens (including phenoxy) is 2. The van der Waals surface area contributed by atoms with Crippen LogP contribution in [0.15, 0.2) is 18.2 Å². The molecule has 1 aromatic rings. The van der Waals surface area contributed by atoms with E-state index >= 15 is 0 Å². The molecule has 156 valence electrons. The molecule has 2 amide bonds. The van der Waals surface area contributed by atoms with E-state index in [1.54, 1.807) is 7.11 Å². The maximum absolute atomic E-state index is 12.7. The summed E-state index contributed by atoms with van der Waals surface area (Å²) in [4.78, 5) is 28.8. The molecular weight excluding hydrogens is 356 g/mol. The van der Waals surface area contributed by atoms with Gasteiger partial charge in [0.1, 0.15) is 0 Å². The number of nitrogens with zero attached hydrogens (tertiary/aromatic N) is 2. The molecule has 6 nitrogen and oxygen atoms in total. The monoisotopic (exact) mass is 390 g/mol. The van der Waals surface area contributed by atoms with E-state index in [1.807, 2.05) is 34.9 Å². The lowest BCUT2D eigenvalue weighted by molar-refractivity contribution is -0.134. The van der Waals surface area contributed by atoms with Crippen molar-refractivity contribution in [1.29, 1.82) is 0 Å². The summed E-state index contributed by atoms with van der Waals surface area (Å²) in [7, 11) is 1.62. The molecule has 1 fully saturated rings. The summed E-state index contributed by atoms with van der Waals surface area (Å²) in [6.45, 7) is 9.35. The third-order valence-corrected chi connectivity index (χ3v) is 4.94. The molecule has 0 spiro atoms. The van der Waals surface area contributed by atoms with Crippen LogP contribution in [0.4, 0.5) is 0 Å². The van der Waals surface area contributed by atoms with Crippen LogP contribution in [0.1, 0.15) is 45.6 Å².